The molecular weight excluding hydrogens is 178 g/mol. The number of hydrogen-bond donors (Lipinski definition) is 3. The normalized spacial score (nSPS) is 9.50. The summed E-state index contributed by atoms with van der Waals surface area (Å²) in [4.78, 5) is 3.95. The Balaban J connectivity index is 2.38. The van der Waals surface area contributed by atoms with Crippen molar-refractivity contribution in [2.24, 2.45) is 5.84 Å². The van der Waals surface area contributed by atoms with E-state index in [1.807, 2.05) is 0 Å². The number of hydrogen-bond acceptors (Lipinski definition) is 5. The van der Waals surface area contributed by atoms with Gasteiger partial charge in [-0.05, 0) is 12.2 Å². The van der Waals surface area contributed by atoms with Crippen LogP contribution in [0.25, 0.3) is 0 Å². The third-order valence-corrected chi connectivity index (χ3v) is 1.37. The molecule has 1 aromatic heterocycles. The predicted molar refractivity (Wildman–Crippen MR) is 45.8 cm³/mol. The molecule has 0 aliphatic rings. The van der Waals surface area contributed by atoms with Crippen molar-refractivity contribution in [1.82, 2.24) is 20.9 Å². The van der Waals surface area contributed by atoms with Gasteiger partial charge < -0.3 is 15.3 Å². The zero-order chi connectivity index (χ0) is 8.97. The predicted octanol–water partition coefficient (Wildman–Crippen LogP) is -0.784. The summed E-state index contributed by atoms with van der Waals surface area (Å²) in [5, 5.41) is 6.76. The van der Waals surface area contributed by atoms with E-state index in [1.54, 1.807) is 6.92 Å². The second-order valence-electron chi connectivity index (χ2n) is 2.06. The summed E-state index contributed by atoms with van der Waals surface area (Å²) in [6.45, 7) is 2.12. The van der Waals surface area contributed by atoms with Gasteiger partial charge in [0.15, 0.2) is 10.9 Å². The summed E-state index contributed by atoms with van der Waals surface area (Å²) in [6.07, 6.45) is 0. The van der Waals surface area contributed by atoms with Crippen molar-refractivity contribution < 1.29 is 4.52 Å². The monoisotopic (exact) mass is 187 g/mol. The number of nitrogens with zero attached hydrogens (tertiary/aromatic N) is 2. The van der Waals surface area contributed by atoms with Gasteiger partial charge in [0, 0.05) is 6.92 Å². The highest BCUT2D eigenvalue weighted by atomic mass is 32.1. The Bertz CT molecular complexity index is 273. The smallest absolute Gasteiger partial charge is 0.223 e. The average Bonchev–Trinajstić information content (AvgIpc) is 2.47. The second kappa shape index (κ2) is 3.98. The van der Waals surface area contributed by atoms with Crippen molar-refractivity contribution in [3.05, 3.63) is 11.7 Å². The molecule has 0 saturated carbocycles. The van der Waals surface area contributed by atoms with Crippen LogP contribution >= 0.6 is 12.2 Å². The van der Waals surface area contributed by atoms with E-state index in [1.165, 1.54) is 0 Å². The van der Waals surface area contributed by atoms with Crippen molar-refractivity contribution in [3.8, 4) is 0 Å². The number of aromatic nitrogens is 2. The van der Waals surface area contributed by atoms with Crippen LogP contribution in [0.2, 0.25) is 0 Å². The lowest BCUT2D eigenvalue weighted by molar-refractivity contribution is 0.387. The van der Waals surface area contributed by atoms with Crippen molar-refractivity contribution in [3.63, 3.8) is 0 Å². The molecule has 6 nitrogen and oxygen atoms in total. The van der Waals surface area contributed by atoms with E-state index in [4.69, 9.17) is 22.6 Å². The molecule has 0 aliphatic carbocycles. The van der Waals surface area contributed by atoms with E-state index in [2.05, 4.69) is 20.9 Å². The molecule has 4 N–H and O–H groups in total. The van der Waals surface area contributed by atoms with Crippen LogP contribution in [-0.4, -0.2) is 15.3 Å². The lowest BCUT2D eigenvalue weighted by Crippen LogP contribution is -2.39. The molecule has 0 atom stereocenters. The van der Waals surface area contributed by atoms with Crippen LogP contribution < -0.4 is 16.6 Å². The van der Waals surface area contributed by atoms with Crippen molar-refractivity contribution in [2.75, 3.05) is 0 Å². The van der Waals surface area contributed by atoms with Gasteiger partial charge in [0.25, 0.3) is 0 Å². The molecule has 7 heteroatoms. The Kier molecular flexibility index (Phi) is 2.94. The highest BCUT2D eigenvalue weighted by Crippen LogP contribution is 1.93. The maximum atomic E-state index is 5.02. The zero-order valence-electron chi connectivity index (χ0n) is 6.50. The quantitative estimate of drug-likeness (QED) is 0.318. The molecule has 1 rings (SSSR count). The first-order chi connectivity index (χ1) is 5.72. The maximum Gasteiger partial charge on any atom is 0.223 e. The molecule has 1 heterocycles. The van der Waals surface area contributed by atoms with Gasteiger partial charge in [-0.3, -0.25) is 0 Å². The van der Waals surface area contributed by atoms with E-state index in [9.17, 15) is 0 Å². The van der Waals surface area contributed by atoms with E-state index in [-0.39, 0.29) is 0 Å². The fourth-order valence-electron chi connectivity index (χ4n) is 0.623. The summed E-state index contributed by atoms with van der Waals surface area (Å²) >= 11 is 4.73. The molecule has 0 saturated heterocycles. The molecule has 0 bridgehead atoms. The molecule has 12 heavy (non-hydrogen) atoms. The van der Waals surface area contributed by atoms with E-state index >= 15 is 0 Å². The van der Waals surface area contributed by atoms with Gasteiger partial charge >= 0.3 is 0 Å². The van der Waals surface area contributed by atoms with Crippen LogP contribution in [0.3, 0.4) is 0 Å². The van der Waals surface area contributed by atoms with Crippen LogP contribution in [0.1, 0.15) is 11.7 Å². The van der Waals surface area contributed by atoms with Crippen molar-refractivity contribution >= 4 is 17.3 Å². The molecule has 1 aromatic rings. The largest absolute Gasteiger partial charge is 0.354 e. The van der Waals surface area contributed by atoms with E-state index in [0.29, 0.717) is 23.4 Å². The summed E-state index contributed by atoms with van der Waals surface area (Å²) in [6, 6.07) is 0. The summed E-state index contributed by atoms with van der Waals surface area (Å²) in [5.74, 6) is 6.10. The van der Waals surface area contributed by atoms with Gasteiger partial charge in [0.1, 0.15) is 0 Å². The first-order valence-electron chi connectivity index (χ1n) is 3.26. The number of thiocarbonyl (C=S) groups is 1. The van der Waals surface area contributed by atoms with Gasteiger partial charge in [-0.2, -0.15) is 4.98 Å². The second-order valence-corrected chi connectivity index (χ2v) is 2.46. The van der Waals surface area contributed by atoms with Gasteiger partial charge in [-0.1, -0.05) is 5.16 Å². The minimum absolute atomic E-state index is 0.345. The Morgan fingerprint density at radius 1 is 1.75 bits per heavy atom. The van der Waals surface area contributed by atoms with Gasteiger partial charge in [0.05, 0.1) is 6.54 Å². The lowest BCUT2D eigenvalue weighted by Gasteiger charge is -2.01. The van der Waals surface area contributed by atoms with Gasteiger partial charge in [-0.25, -0.2) is 5.84 Å². The molecule has 66 valence electrons. The molecule has 0 fully saturated rings. The average molecular weight is 187 g/mol. The summed E-state index contributed by atoms with van der Waals surface area (Å²) in [5.41, 5.74) is 2.28. The SMILES string of the molecule is Cc1nc(CNC(=S)NN)no1. The maximum absolute atomic E-state index is 5.02. The lowest BCUT2D eigenvalue weighted by atomic mass is 10.6. The van der Waals surface area contributed by atoms with Gasteiger partial charge in [0.2, 0.25) is 5.89 Å². The molecule has 0 radical (unpaired) electrons. The van der Waals surface area contributed by atoms with E-state index < -0.39 is 0 Å². The summed E-state index contributed by atoms with van der Waals surface area (Å²) < 4.78 is 4.73. The number of rotatable bonds is 2. The van der Waals surface area contributed by atoms with Crippen LogP contribution in [0.5, 0.6) is 0 Å². The number of hydrazine groups is 1. The van der Waals surface area contributed by atoms with Crippen LogP contribution in [0.15, 0.2) is 4.52 Å². The minimum Gasteiger partial charge on any atom is -0.354 e. The highest BCUT2D eigenvalue weighted by Gasteiger charge is 2.01. The highest BCUT2D eigenvalue weighted by molar-refractivity contribution is 7.80. The van der Waals surface area contributed by atoms with Crippen molar-refractivity contribution in [1.29, 1.82) is 0 Å². The molecule has 0 spiro atoms. The molecule has 0 unspecified atom stereocenters. The minimum atomic E-state index is 0.345. The topological polar surface area (TPSA) is 89.0 Å². The Morgan fingerprint density at radius 2 is 2.50 bits per heavy atom. The third kappa shape index (κ3) is 2.44. The van der Waals surface area contributed by atoms with E-state index in [0.717, 1.165) is 0 Å². The van der Waals surface area contributed by atoms with Crippen LogP contribution in [0.4, 0.5) is 0 Å². The fourth-order valence-corrected chi connectivity index (χ4v) is 0.696. The first-order valence-corrected chi connectivity index (χ1v) is 3.67. The number of nitrogens with two attached hydrogens (primary N) is 1. The molecular formula is C5H9N5OS. The van der Waals surface area contributed by atoms with Crippen molar-refractivity contribution in [2.45, 2.75) is 13.5 Å². The number of nitrogens with one attached hydrogen (secondary N) is 2. The first kappa shape index (κ1) is 8.88. The summed E-state index contributed by atoms with van der Waals surface area (Å²) in [7, 11) is 0. The Morgan fingerprint density at radius 3 is 3.00 bits per heavy atom. The fraction of sp³-hybridized carbons (Fsp3) is 0.400. The van der Waals surface area contributed by atoms with Crippen LogP contribution in [-0.2, 0) is 6.54 Å². The molecule has 0 aromatic carbocycles. The Hall–Kier alpha value is -1.21. The molecule has 0 aliphatic heterocycles. The third-order valence-electron chi connectivity index (χ3n) is 1.11. The standard InChI is InChI=1S/C5H9N5OS/c1-3-8-4(10-11-3)2-7-5(12)9-6/h2,6H2,1H3,(H2,7,9,12). The van der Waals surface area contributed by atoms with Crippen LogP contribution in [0, 0.1) is 6.92 Å². The molecule has 0 amide bonds. The Labute approximate surface area is 74.5 Å². The number of aryl methyl sites for hydroxylation is 1. The zero-order valence-corrected chi connectivity index (χ0v) is 7.31. The van der Waals surface area contributed by atoms with Gasteiger partial charge in [-0.15, -0.1) is 0 Å².